The molecule has 0 aromatic carbocycles. The van der Waals surface area contributed by atoms with Crippen LogP contribution in [-0.2, 0) is 4.79 Å². The van der Waals surface area contributed by atoms with Crippen molar-refractivity contribution in [3.8, 4) is 0 Å². The predicted octanol–water partition coefficient (Wildman–Crippen LogP) is 3.46. The molecule has 0 fully saturated rings. The molecular formula is C23H51O9P. The van der Waals surface area contributed by atoms with Gasteiger partial charge in [0, 0.05) is 6.42 Å². The van der Waals surface area contributed by atoms with E-state index in [4.69, 9.17) is 40.2 Å². The number of carbonyl (C=O) groups is 1. The van der Waals surface area contributed by atoms with Gasteiger partial charge >= 0.3 is 14.6 Å². The minimum Gasteiger partial charge on any atom is -0.481 e. The molecule has 0 unspecified atom stereocenters. The maximum atomic E-state index is 10.3. The molecule has 0 saturated heterocycles. The summed E-state index contributed by atoms with van der Waals surface area (Å²) >= 11 is 0. The topological polar surface area (TPSA) is 179 Å². The van der Waals surface area contributed by atoms with E-state index >= 15 is 0 Å². The fraction of sp³-hybridized carbons (Fsp3) is 0.957. The first-order valence-electron chi connectivity index (χ1n) is 12.3. The molecule has 8 N–H and O–H groups in total. The standard InChI is InChI=1S/C18H36O2.C5H12O4.H3O3P/c1-2-3-4-5-6-7-8-9-10-11-12-13-14-15-16-17-18(19)20;6-1-5(2-7,3-8)4-9;1-4(2)3/h2-17H2,1H3,(H,19,20);6-9H,1-4H2;1-3H. The summed E-state index contributed by atoms with van der Waals surface area (Å²) in [7, 11) is -2.62. The monoisotopic (exact) mass is 502 g/mol. The summed E-state index contributed by atoms with van der Waals surface area (Å²) in [4.78, 5) is 32.0. The lowest BCUT2D eigenvalue weighted by Gasteiger charge is -2.23. The van der Waals surface area contributed by atoms with Crippen molar-refractivity contribution in [3.05, 3.63) is 0 Å². The molecule has 0 saturated carbocycles. The number of rotatable bonds is 20. The van der Waals surface area contributed by atoms with Gasteiger partial charge in [0.15, 0.2) is 0 Å². The van der Waals surface area contributed by atoms with Gasteiger partial charge in [-0.2, -0.15) is 0 Å². The molecule has 9 nitrogen and oxygen atoms in total. The van der Waals surface area contributed by atoms with Crippen LogP contribution in [0.3, 0.4) is 0 Å². The molecule has 0 aromatic heterocycles. The third kappa shape index (κ3) is 33.9. The van der Waals surface area contributed by atoms with Gasteiger partial charge in [0.25, 0.3) is 0 Å². The number of aliphatic hydroxyl groups excluding tert-OH is 4. The maximum Gasteiger partial charge on any atom is 0.324 e. The highest BCUT2D eigenvalue weighted by Gasteiger charge is 2.26. The Hall–Kier alpha value is -0.380. The quantitative estimate of drug-likeness (QED) is 0.0914. The summed E-state index contributed by atoms with van der Waals surface area (Å²) in [5.41, 5.74) is -1.11. The Morgan fingerprint density at radius 2 is 0.818 bits per heavy atom. The Morgan fingerprint density at radius 1 is 0.576 bits per heavy atom. The molecule has 0 aliphatic heterocycles. The fourth-order valence-corrected chi connectivity index (χ4v) is 2.95. The number of carboxylic acids is 1. The molecule has 0 aromatic rings. The van der Waals surface area contributed by atoms with Crippen molar-refractivity contribution in [2.24, 2.45) is 5.41 Å². The number of unbranched alkanes of at least 4 members (excludes halogenated alkanes) is 14. The molecule has 0 atom stereocenters. The second kappa shape index (κ2) is 29.7. The number of aliphatic hydroxyl groups is 4. The Bertz CT molecular complexity index is 361. The van der Waals surface area contributed by atoms with Gasteiger partial charge < -0.3 is 40.2 Å². The predicted molar refractivity (Wildman–Crippen MR) is 132 cm³/mol. The van der Waals surface area contributed by atoms with Crippen LogP contribution < -0.4 is 0 Å². The number of carboxylic acid groups (broad SMARTS) is 1. The van der Waals surface area contributed by atoms with E-state index in [1.807, 2.05) is 0 Å². The van der Waals surface area contributed by atoms with Crippen LogP contribution in [0.2, 0.25) is 0 Å². The van der Waals surface area contributed by atoms with Gasteiger partial charge in [-0.1, -0.05) is 96.8 Å². The summed E-state index contributed by atoms with van der Waals surface area (Å²) in [5.74, 6) is -0.653. The van der Waals surface area contributed by atoms with Crippen molar-refractivity contribution < 1.29 is 45.0 Å². The van der Waals surface area contributed by atoms with E-state index in [2.05, 4.69) is 6.92 Å². The molecule has 0 aliphatic rings. The first kappa shape index (κ1) is 37.2. The normalized spacial score (nSPS) is 10.9. The average molecular weight is 503 g/mol. The molecule has 0 bridgehead atoms. The van der Waals surface area contributed by atoms with Crippen molar-refractivity contribution in [1.82, 2.24) is 0 Å². The van der Waals surface area contributed by atoms with Crippen molar-refractivity contribution in [2.45, 2.75) is 110 Å². The largest absolute Gasteiger partial charge is 0.481 e. The van der Waals surface area contributed by atoms with Gasteiger partial charge in [-0.05, 0) is 6.42 Å². The van der Waals surface area contributed by atoms with E-state index in [0.29, 0.717) is 6.42 Å². The smallest absolute Gasteiger partial charge is 0.324 e. The third-order valence-electron chi connectivity index (χ3n) is 5.34. The zero-order valence-electron chi connectivity index (χ0n) is 20.6. The van der Waals surface area contributed by atoms with E-state index in [1.54, 1.807) is 0 Å². The van der Waals surface area contributed by atoms with Gasteiger partial charge in [0.2, 0.25) is 0 Å². The Kier molecular flexibility index (Phi) is 33.4. The SMILES string of the molecule is CCCCCCCCCCCCCCCCCC(=O)O.OCC(CO)(CO)CO.OP(O)O. The summed E-state index contributed by atoms with van der Waals surface area (Å²) in [6, 6.07) is 0. The van der Waals surface area contributed by atoms with E-state index in [-0.39, 0.29) is 0 Å². The van der Waals surface area contributed by atoms with Crippen LogP contribution in [0.5, 0.6) is 0 Å². The highest BCUT2D eigenvalue weighted by Crippen LogP contribution is 2.14. The van der Waals surface area contributed by atoms with Gasteiger partial charge in [-0.3, -0.25) is 4.79 Å². The van der Waals surface area contributed by atoms with Crippen LogP contribution in [0, 0.1) is 5.41 Å². The molecule has 0 heterocycles. The lowest BCUT2D eigenvalue weighted by atomic mass is 9.93. The molecule has 33 heavy (non-hydrogen) atoms. The second-order valence-corrected chi connectivity index (χ2v) is 9.03. The Labute approximate surface area is 201 Å². The lowest BCUT2D eigenvalue weighted by Crippen LogP contribution is -2.37. The van der Waals surface area contributed by atoms with Crippen LogP contribution in [0.15, 0.2) is 0 Å². The van der Waals surface area contributed by atoms with Crippen molar-refractivity contribution in [2.75, 3.05) is 26.4 Å². The van der Waals surface area contributed by atoms with Crippen molar-refractivity contribution >= 4 is 14.6 Å². The summed E-state index contributed by atoms with van der Waals surface area (Å²) < 4.78 is 0. The van der Waals surface area contributed by atoms with Crippen LogP contribution >= 0.6 is 8.60 Å². The van der Waals surface area contributed by atoms with Gasteiger partial charge in [0.1, 0.15) is 0 Å². The first-order valence-corrected chi connectivity index (χ1v) is 13.5. The van der Waals surface area contributed by atoms with Crippen molar-refractivity contribution in [1.29, 1.82) is 0 Å². The van der Waals surface area contributed by atoms with Gasteiger partial charge in [-0.25, -0.2) is 0 Å². The van der Waals surface area contributed by atoms with E-state index < -0.39 is 46.4 Å². The fourth-order valence-electron chi connectivity index (χ4n) is 2.95. The zero-order chi connectivity index (χ0) is 25.8. The van der Waals surface area contributed by atoms with E-state index in [1.165, 1.54) is 83.5 Å². The summed E-state index contributed by atoms with van der Waals surface area (Å²) in [5, 5.41) is 42.5. The molecule has 202 valence electrons. The van der Waals surface area contributed by atoms with E-state index in [9.17, 15) is 4.79 Å². The van der Waals surface area contributed by atoms with Crippen LogP contribution in [0.25, 0.3) is 0 Å². The van der Waals surface area contributed by atoms with E-state index in [0.717, 1.165) is 12.8 Å². The average Bonchev–Trinajstić information content (AvgIpc) is 2.78. The molecule has 0 aliphatic carbocycles. The molecule has 0 radical (unpaired) electrons. The molecule has 0 amide bonds. The summed E-state index contributed by atoms with van der Waals surface area (Å²) in [6.07, 6.45) is 20.2. The van der Waals surface area contributed by atoms with Gasteiger partial charge in [-0.15, -0.1) is 0 Å². The number of hydrogen-bond donors (Lipinski definition) is 8. The van der Waals surface area contributed by atoms with Crippen molar-refractivity contribution in [3.63, 3.8) is 0 Å². The minimum atomic E-state index is -2.62. The molecule has 0 rings (SSSR count). The van der Waals surface area contributed by atoms with Crippen LogP contribution in [0.1, 0.15) is 110 Å². The highest BCUT2D eigenvalue weighted by molar-refractivity contribution is 7.38. The number of aliphatic carboxylic acids is 1. The minimum absolute atomic E-state index is 0.345. The van der Waals surface area contributed by atoms with Gasteiger partial charge in [0.05, 0.1) is 31.8 Å². The third-order valence-corrected chi connectivity index (χ3v) is 5.34. The zero-order valence-corrected chi connectivity index (χ0v) is 21.5. The lowest BCUT2D eigenvalue weighted by molar-refractivity contribution is -0.137. The maximum absolute atomic E-state index is 10.3. The molecule has 10 heteroatoms. The summed E-state index contributed by atoms with van der Waals surface area (Å²) in [6.45, 7) is 0.645. The Balaban J connectivity index is -0.000000569. The second-order valence-electron chi connectivity index (χ2n) is 8.49. The first-order chi connectivity index (χ1) is 15.7. The van der Waals surface area contributed by atoms with Crippen LogP contribution in [0.4, 0.5) is 0 Å². The molecule has 0 spiro atoms. The van der Waals surface area contributed by atoms with Crippen LogP contribution in [-0.4, -0.2) is 72.6 Å². The number of hydrogen-bond acceptors (Lipinski definition) is 8. The molecular weight excluding hydrogens is 451 g/mol. The Morgan fingerprint density at radius 3 is 1.00 bits per heavy atom. The highest BCUT2D eigenvalue weighted by atomic mass is 31.2.